The Morgan fingerprint density at radius 3 is 2.64 bits per heavy atom. The van der Waals surface area contributed by atoms with Crippen LogP contribution in [0.25, 0.3) is 0 Å². The number of rotatable bonds is 2. The summed E-state index contributed by atoms with van der Waals surface area (Å²) < 4.78 is 25.7. The van der Waals surface area contributed by atoms with E-state index in [0.717, 1.165) is 6.07 Å². The number of halogens is 3. The lowest BCUT2D eigenvalue weighted by Gasteiger charge is -2.10. The van der Waals surface area contributed by atoms with E-state index >= 15 is 0 Å². The first-order valence-electron chi connectivity index (χ1n) is 3.85. The van der Waals surface area contributed by atoms with Gasteiger partial charge < -0.3 is 5.32 Å². The average Bonchev–Trinajstić information content (AvgIpc) is 2.10. The largest absolute Gasteiger partial charge is 0.366 e. The first-order valence-corrected chi connectivity index (χ1v) is 4.23. The van der Waals surface area contributed by atoms with E-state index < -0.39 is 17.7 Å². The highest BCUT2D eigenvalue weighted by atomic mass is 35.5. The van der Waals surface area contributed by atoms with Crippen LogP contribution in [0.5, 0.6) is 0 Å². The summed E-state index contributed by atoms with van der Waals surface area (Å²) in [5, 5.41) is 10.9. The van der Waals surface area contributed by atoms with E-state index in [0.29, 0.717) is 6.07 Å². The predicted molar refractivity (Wildman–Crippen MR) is 50.1 cm³/mol. The van der Waals surface area contributed by atoms with Crippen molar-refractivity contribution in [2.45, 2.75) is 13.0 Å². The van der Waals surface area contributed by atoms with Crippen LogP contribution in [-0.4, -0.2) is 6.04 Å². The van der Waals surface area contributed by atoms with E-state index in [1.165, 1.54) is 0 Å². The van der Waals surface area contributed by atoms with Gasteiger partial charge in [-0.2, -0.15) is 5.26 Å². The summed E-state index contributed by atoms with van der Waals surface area (Å²) in [6.45, 7) is 1.54. The van der Waals surface area contributed by atoms with Gasteiger partial charge in [-0.25, -0.2) is 8.78 Å². The standard InChI is InChI=1S/C9H7ClF2N2/c1-5(4-13)14-9-7(10)2-6(11)3-8(9)12/h2-3,5,14H,1H3. The van der Waals surface area contributed by atoms with Crippen molar-refractivity contribution in [2.24, 2.45) is 0 Å². The Hall–Kier alpha value is -1.34. The Bertz CT molecular complexity index is 364. The minimum absolute atomic E-state index is 0.0536. The Balaban J connectivity index is 3.04. The van der Waals surface area contributed by atoms with Crippen LogP contribution in [0.3, 0.4) is 0 Å². The molecule has 0 fully saturated rings. The zero-order valence-electron chi connectivity index (χ0n) is 7.31. The van der Waals surface area contributed by atoms with Gasteiger partial charge in [0.15, 0.2) is 5.82 Å². The van der Waals surface area contributed by atoms with Gasteiger partial charge in [0.25, 0.3) is 0 Å². The molecule has 5 heteroatoms. The fourth-order valence-corrected chi connectivity index (χ4v) is 1.18. The normalized spacial score (nSPS) is 11.9. The van der Waals surface area contributed by atoms with E-state index in [-0.39, 0.29) is 10.7 Å². The van der Waals surface area contributed by atoms with Crippen molar-refractivity contribution in [3.63, 3.8) is 0 Å². The van der Waals surface area contributed by atoms with Crippen LogP contribution in [-0.2, 0) is 0 Å². The van der Waals surface area contributed by atoms with Crippen LogP contribution in [0.4, 0.5) is 14.5 Å². The molecule has 0 radical (unpaired) electrons. The van der Waals surface area contributed by atoms with Gasteiger partial charge in [0, 0.05) is 6.07 Å². The molecule has 0 saturated heterocycles. The van der Waals surface area contributed by atoms with Gasteiger partial charge in [0.05, 0.1) is 16.8 Å². The van der Waals surface area contributed by atoms with E-state index in [1.54, 1.807) is 6.92 Å². The first-order chi connectivity index (χ1) is 6.54. The molecule has 0 saturated carbocycles. The lowest BCUT2D eigenvalue weighted by Crippen LogP contribution is -2.13. The molecule has 1 aromatic rings. The fourth-order valence-electron chi connectivity index (χ4n) is 0.929. The molecule has 2 nitrogen and oxygen atoms in total. The third-order valence-corrected chi connectivity index (χ3v) is 1.86. The number of anilines is 1. The van der Waals surface area contributed by atoms with Gasteiger partial charge in [-0.05, 0) is 13.0 Å². The third kappa shape index (κ3) is 2.33. The van der Waals surface area contributed by atoms with E-state index in [9.17, 15) is 8.78 Å². The second-order valence-corrected chi connectivity index (χ2v) is 3.15. The second-order valence-electron chi connectivity index (χ2n) is 2.74. The molecule has 1 aromatic carbocycles. The molecule has 0 bridgehead atoms. The molecule has 1 rings (SSSR count). The highest BCUT2D eigenvalue weighted by molar-refractivity contribution is 6.33. The number of nitrogens with one attached hydrogen (secondary N) is 1. The number of nitriles is 1. The van der Waals surface area contributed by atoms with Crippen molar-refractivity contribution in [1.82, 2.24) is 0 Å². The van der Waals surface area contributed by atoms with Crippen molar-refractivity contribution in [3.8, 4) is 6.07 Å². The van der Waals surface area contributed by atoms with Gasteiger partial charge in [0.2, 0.25) is 0 Å². The molecule has 74 valence electrons. The smallest absolute Gasteiger partial charge is 0.150 e. The summed E-state index contributed by atoms with van der Waals surface area (Å²) in [5.74, 6) is -1.56. The van der Waals surface area contributed by atoms with E-state index in [2.05, 4.69) is 5.32 Å². The molecule has 14 heavy (non-hydrogen) atoms. The molecule has 0 heterocycles. The number of hydrogen-bond donors (Lipinski definition) is 1. The van der Waals surface area contributed by atoms with Gasteiger partial charge in [-0.3, -0.25) is 0 Å². The SMILES string of the molecule is CC(C#N)Nc1c(F)cc(F)cc1Cl. The van der Waals surface area contributed by atoms with Gasteiger partial charge in [-0.15, -0.1) is 0 Å². The number of benzene rings is 1. The van der Waals surface area contributed by atoms with Crippen LogP contribution < -0.4 is 5.32 Å². The molecule has 0 amide bonds. The zero-order valence-corrected chi connectivity index (χ0v) is 8.07. The summed E-state index contributed by atoms with van der Waals surface area (Å²) in [4.78, 5) is 0. The molecule has 0 aliphatic heterocycles. The van der Waals surface area contributed by atoms with Gasteiger partial charge in [-0.1, -0.05) is 11.6 Å². The van der Waals surface area contributed by atoms with Crippen molar-refractivity contribution in [3.05, 3.63) is 28.8 Å². The zero-order chi connectivity index (χ0) is 10.7. The van der Waals surface area contributed by atoms with Crippen LogP contribution in [0, 0.1) is 23.0 Å². The maximum atomic E-state index is 13.1. The fraction of sp³-hybridized carbons (Fsp3) is 0.222. The highest BCUT2D eigenvalue weighted by Gasteiger charge is 2.11. The second kappa shape index (κ2) is 4.25. The lowest BCUT2D eigenvalue weighted by atomic mass is 10.2. The van der Waals surface area contributed by atoms with Crippen molar-refractivity contribution < 1.29 is 8.78 Å². The van der Waals surface area contributed by atoms with E-state index in [4.69, 9.17) is 16.9 Å². The van der Waals surface area contributed by atoms with Crippen LogP contribution in [0.2, 0.25) is 5.02 Å². The minimum atomic E-state index is -0.808. The summed E-state index contributed by atoms with van der Waals surface area (Å²) in [6, 6.07) is 2.95. The minimum Gasteiger partial charge on any atom is -0.366 e. The molecule has 1 atom stereocenters. The van der Waals surface area contributed by atoms with Crippen LogP contribution in [0.1, 0.15) is 6.92 Å². The highest BCUT2D eigenvalue weighted by Crippen LogP contribution is 2.26. The quantitative estimate of drug-likeness (QED) is 0.825. The topological polar surface area (TPSA) is 35.8 Å². The first kappa shape index (κ1) is 10.7. The molecule has 1 unspecified atom stereocenters. The molecule has 0 spiro atoms. The van der Waals surface area contributed by atoms with Crippen LogP contribution in [0.15, 0.2) is 12.1 Å². The Morgan fingerprint density at radius 1 is 1.50 bits per heavy atom. The number of nitrogens with zero attached hydrogens (tertiary/aromatic N) is 1. The van der Waals surface area contributed by atoms with Gasteiger partial charge >= 0.3 is 0 Å². The maximum absolute atomic E-state index is 13.1. The molecular formula is C9H7ClF2N2. The Morgan fingerprint density at radius 2 is 2.14 bits per heavy atom. The summed E-state index contributed by atoms with van der Waals surface area (Å²) in [5.41, 5.74) is -0.0536. The van der Waals surface area contributed by atoms with Crippen molar-refractivity contribution >= 4 is 17.3 Å². The Kier molecular flexibility index (Phi) is 3.26. The van der Waals surface area contributed by atoms with Crippen molar-refractivity contribution in [1.29, 1.82) is 5.26 Å². The summed E-state index contributed by atoms with van der Waals surface area (Å²) in [6.07, 6.45) is 0. The third-order valence-electron chi connectivity index (χ3n) is 1.56. The Labute approximate surface area is 85.1 Å². The predicted octanol–water partition coefficient (Wildman–Crippen LogP) is 2.94. The number of hydrogen-bond acceptors (Lipinski definition) is 2. The molecule has 0 aliphatic rings. The van der Waals surface area contributed by atoms with Crippen molar-refractivity contribution in [2.75, 3.05) is 5.32 Å². The lowest BCUT2D eigenvalue weighted by molar-refractivity contribution is 0.585. The van der Waals surface area contributed by atoms with Crippen LogP contribution >= 0.6 is 11.6 Å². The molecule has 0 aliphatic carbocycles. The molecule has 1 N–H and O–H groups in total. The molecule has 0 aromatic heterocycles. The average molecular weight is 217 g/mol. The monoisotopic (exact) mass is 216 g/mol. The summed E-state index contributed by atoms with van der Waals surface area (Å²) >= 11 is 5.58. The molecular weight excluding hydrogens is 210 g/mol. The van der Waals surface area contributed by atoms with E-state index in [1.807, 2.05) is 6.07 Å². The summed E-state index contributed by atoms with van der Waals surface area (Å²) in [7, 11) is 0. The van der Waals surface area contributed by atoms with Gasteiger partial charge in [0.1, 0.15) is 11.9 Å². The maximum Gasteiger partial charge on any atom is 0.150 e.